The van der Waals surface area contributed by atoms with Gasteiger partial charge in [0.2, 0.25) is 0 Å². The molecular formula is C48H66F3NO6. The zero-order valence-electron chi connectivity index (χ0n) is 35.3. The zero-order valence-corrected chi connectivity index (χ0v) is 35.3. The molecule has 1 aromatic rings. The van der Waals surface area contributed by atoms with Gasteiger partial charge < -0.3 is 24.6 Å². The number of aliphatic hydroxyl groups is 2. The Morgan fingerprint density at radius 1 is 0.897 bits per heavy atom. The molecule has 0 heterocycles. The van der Waals surface area contributed by atoms with Crippen LogP contribution in [-0.2, 0) is 16.1 Å². The van der Waals surface area contributed by atoms with Crippen molar-refractivity contribution in [3.63, 3.8) is 0 Å². The highest BCUT2D eigenvalue weighted by Crippen LogP contribution is 2.78. The Morgan fingerprint density at radius 2 is 1.57 bits per heavy atom. The molecule has 5 fully saturated rings. The minimum Gasteiger partial charge on any atom is -0.446 e. The van der Waals surface area contributed by atoms with Gasteiger partial charge in [-0.25, -0.2) is 4.79 Å². The summed E-state index contributed by atoms with van der Waals surface area (Å²) in [6.45, 7) is 11.1. The molecule has 0 aliphatic heterocycles. The molecule has 5 saturated carbocycles. The van der Waals surface area contributed by atoms with Gasteiger partial charge in [0.1, 0.15) is 11.9 Å². The number of aliphatic hydroxyl groups excluding tert-OH is 1. The van der Waals surface area contributed by atoms with Crippen LogP contribution in [0.5, 0.6) is 5.75 Å². The molecule has 1 amide bonds. The molecule has 58 heavy (non-hydrogen) atoms. The molecule has 0 aromatic heterocycles. The molecule has 8 aliphatic rings. The van der Waals surface area contributed by atoms with Crippen molar-refractivity contribution in [2.45, 2.75) is 162 Å². The lowest BCUT2D eigenvalue weighted by atomic mass is 9.32. The Morgan fingerprint density at radius 3 is 2.26 bits per heavy atom. The summed E-state index contributed by atoms with van der Waals surface area (Å²) >= 11 is 0. The predicted octanol–water partition coefficient (Wildman–Crippen LogP) is 10.7. The maximum Gasteiger partial charge on any atom is 0.573 e. The highest BCUT2D eigenvalue weighted by atomic mass is 19.4. The number of alkyl halides is 3. The number of hydrogen-bond acceptors (Lipinski definition) is 6. The van der Waals surface area contributed by atoms with E-state index in [4.69, 9.17) is 4.74 Å². The zero-order chi connectivity index (χ0) is 41.5. The van der Waals surface area contributed by atoms with E-state index in [0.717, 1.165) is 82.6 Å². The summed E-state index contributed by atoms with van der Waals surface area (Å²) < 4.78 is 49.6. The number of allylic oxidation sites excluding steroid dienone is 4. The van der Waals surface area contributed by atoms with Crippen LogP contribution in [0.4, 0.5) is 18.0 Å². The summed E-state index contributed by atoms with van der Waals surface area (Å²) in [4.78, 5) is 31.1. The molecule has 0 radical (unpaired) electrons. The van der Waals surface area contributed by atoms with E-state index in [0.29, 0.717) is 36.7 Å². The van der Waals surface area contributed by atoms with Gasteiger partial charge in [-0.2, -0.15) is 0 Å². The van der Waals surface area contributed by atoms with Crippen molar-refractivity contribution in [2.75, 3.05) is 6.54 Å². The third kappa shape index (κ3) is 6.86. The number of ether oxygens (including phenoxy) is 2. The summed E-state index contributed by atoms with van der Waals surface area (Å²) in [5.74, 6) is 0.971. The molecule has 10 heteroatoms. The Labute approximate surface area is 343 Å². The number of rotatable bonds is 9. The number of carbonyl (C=O) groups is 2. The summed E-state index contributed by atoms with van der Waals surface area (Å²) in [7, 11) is 0. The van der Waals surface area contributed by atoms with Crippen LogP contribution in [0.2, 0.25) is 0 Å². The van der Waals surface area contributed by atoms with E-state index in [2.05, 4.69) is 57.6 Å². The van der Waals surface area contributed by atoms with Crippen molar-refractivity contribution in [1.29, 1.82) is 0 Å². The van der Waals surface area contributed by atoms with Gasteiger partial charge in [0, 0.05) is 34.3 Å². The lowest BCUT2D eigenvalue weighted by molar-refractivity contribution is -0.274. The number of benzene rings is 1. The van der Waals surface area contributed by atoms with Crippen molar-refractivity contribution in [3.05, 3.63) is 53.6 Å². The molecule has 7 nitrogen and oxygen atoms in total. The molecule has 320 valence electrons. The summed E-state index contributed by atoms with van der Waals surface area (Å²) in [5, 5.41) is 24.3. The fraction of sp³-hybridized carbons (Fsp3) is 0.750. The van der Waals surface area contributed by atoms with Gasteiger partial charge >= 0.3 is 12.5 Å². The number of fused-ring (bicyclic) bond motifs is 1. The molecule has 9 rings (SSSR count). The minimum atomic E-state index is -4.82. The van der Waals surface area contributed by atoms with Crippen LogP contribution in [0, 0.1) is 57.2 Å². The first-order valence-corrected chi connectivity index (χ1v) is 22.5. The highest BCUT2D eigenvalue weighted by Gasteiger charge is 2.74. The van der Waals surface area contributed by atoms with Crippen LogP contribution in [0.25, 0.3) is 0 Å². The second-order valence-electron chi connectivity index (χ2n) is 20.8. The maximum atomic E-state index is 15.0. The van der Waals surface area contributed by atoms with Crippen molar-refractivity contribution >= 4 is 11.9 Å². The number of hydrogen-bond donors (Lipinski definition) is 2. The van der Waals surface area contributed by atoms with Gasteiger partial charge in [0.05, 0.1) is 18.2 Å². The van der Waals surface area contributed by atoms with Crippen molar-refractivity contribution in [1.82, 2.24) is 4.90 Å². The molecule has 2 N–H and O–H groups in total. The van der Waals surface area contributed by atoms with Gasteiger partial charge in [-0.3, -0.25) is 4.79 Å². The van der Waals surface area contributed by atoms with Crippen LogP contribution in [0.15, 0.2) is 48.1 Å². The maximum absolute atomic E-state index is 15.0. The number of amides is 1. The molecule has 11 atom stereocenters. The lowest BCUT2D eigenvalue weighted by Crippen LogP contribution is -2.67. The molecule has 8 aliphatic carbocycles. The molecular weight excluding hydrogens is 744 g/mol. The van der Waals surface area contributed by atoms with E-state index in [1.165, 1.54) is 24.3 Å². The first-order chi connectivity index (χ1) is 27.3. The third-order valence-corrected chi connectivity index (χ3v) is 17.4. The van der Waals surface area contributed by atoms with E-state index >= 15 is 0 Å². The number of carbonyl (C=O) groups excluding carboxylic acids is 2. The monoisotopic (exact) mass is 809 g/mol. The van der Waals surface area contributed by atoms with E-state index < -0.39 is 35.0 Å². The van der Waals surface area contributed by atoms with E-state index in [1.807, 2.05) is 0 Å². The second-order valence-corrected chi connectivity index (χ2v) is 20.8. The standard InChI is InChI=1S/C48H66F3NO6/c1-30(2)36-16-11-31(3)25-38(36)57-42(55)52(28-32-12-14-35(15-13-32)58-48(49,50)51)29-46(56)22-19-40-44(46,5)21-18-39-43(4)20-17-34(53)26-45(43)23-24-47(39,40)37(27-45)41(54)33-9-7-6-8-10-33/h12-15,23-24,27,30-31,33-34,36,38-40,53,56H,6-11,16-22,25-26,28-29H2,1-5H3/t31-,34?,36+,38-,39+,40+,43+,44-,45-,46+,47+/m0/s1. The fourth-order valence-corrected chi connectivity index (χ4v) is 14.2. The number of nitrogens with zero attached hydrogens (tertiary/aromatic N) is 1. The summed E-state index contributed by atoms with van der Waals surface area (Å²) in [6.07, 6.45) is 13.7. The molecule has 0 saturated heterocycles. The molecule has 1 aromatic carbocycles. The van der Waals surface area contributed by atoms with Crippen molar-refractivity contribution < 1.29 is 42.4 Å². The van der Waals surface area contributed by atoms with Gasteiger partial charge in [-0.15, -0.1) is 13.2 Å². The SMILES string of the molecule is CC(C)[C@H]1CC[C@H](C)C[C@@H]1OC(=O)N(Cc1ccc(OC(F)(F)F)cc1)C[C@]1(O)CC[C@H]2[C@]34C=C[C@@]5(C=C3C(=O)C3CCCCC3)CC(O)CC[C@]5(C)[C@H]4CC[C@@]21C. The summed E-state index contributed by atoms with van der Waals surface area (Å²) in [5.41, 5.74) is -1.55. The minimum absolute atomic E-state index is 0.00172. The number of halogens is 3. The van der Waals surface area contributed by atoms with Crippen LogP contribution in [-0.4, -0.2) is 57.7 Å². The van der Waals surface area contributed by atoms with Gasteiger partial charge in [-0.05, 0) is 123 Å². The molecule has 2 bridgehead atoms. The van der Waals surface area contributed by atoms with Crippen LogP contribution in [0.3, 0.4) is 0 Å². The van der Waals surface area contributed by atoms with Crippen molar-refractivity contribution in [3.8, 4) is 5.75 Å². The smallest absolute Gasteiger partial charge is 0.446 e. The molecule has 2 spiro atoms. The normalized spacial score (nSPS) is 41.0. The first kappa shape index (κ1) is 41.9. The number of Topliss-reactive ketones (excluding diaryl/α,β-unsaturated/α-hetero) is 1. The van der Waals surface area contributed by atoms with E-state index in [1.54, 1.807) is 4.90 Å². The average molecular weight is 810 g/mol. The molecule has 1 unspecified atom stereocenters. The predicted molar refractivity (Wildman–Crippen MR) is 215 cm³/mol. The Balaban J connectivity index is 1.14. The quantitative estimate of drug-likeness (QED) is 0.241. The van der Waals surface area contributed by atoms with E-state index in [9.17, 15) is 33.0 Å². The van der Waals surface area contributed by atoms with E-state index in [-0.39, 0.29) is 65.2 Å². The largest absolute Gasteiger partial charge is 0.573 e. The average Bonchev–Trinajstić information content (AvgIpc) is 3.44. The third-order valence-electron chi connectivity index (χ3n) is 17.4. The van der Waals surface area contributed by atoms with Crippen LogP contribution < -0.4 is 4.74 Å². The Kier molecular flexibility index (Phi) is 10.8. The lowest BCUT2D eigenvalue weighted by Gasteiger charge is -2.71. The van der Waals surface area contributed by atoms with Gasteiger partial charge in [-0.1, -0.05) is 90.7 Å². The first-order valence-electron chi connectivity index (χ1n) is 22.5. The topological polar surface area (TPSA) is 96.3 Å². The second kappa shape index (κ2) is 15.0. The Bertz CT molecular complexity index is 1790. The number of ketones is 1. The Hall–Kier alpha value is -2.85. The van der Waals surface area contributed by atoms with Crippen LogP contribution >= 0.6 is 0 Å². The fourth-order valence-electron chi connectivity index (χ4n) is 14.2. The van der Waals surface area contributed by atoms with Crippen molar-refractivity contribution in [2.24, 2.45) is 57.2 Å². The van der Waals surface area contributed by atoms with Gasteiger partial charge in [0.25, 0.3) is 0 Å². The van der Waals surface area contributed by atoms with Crippen LogP contribution in [0.1, 0.15) is 136 Å². The highest BCUT2D eigenvalue weighted by molar-refractivity contribution is 6.00. The van der Waals surface area contributed by atoms with Gasteiger partial charge in [0.15, 0.2) is 5.78 Å². The summed E-state index contributed by atoms with van der Waals surface area (Å²) in [6, 6.07) is 5.58.